The number of aromatic nitrogens is 1. The Morgan fingerprint density at radius 3 is 2.90 bits per heavy atom. The van der Waals surface area contributed by atoms with Crippen molar-refractivity contribution in [2.75, 3.05) is 6.54 Å². The van der Waals surface area contributed by atoms with E-state index in [2.05, 4.69) is 17.2 Å². The Morgan fingerprint density at radius 1 is 1.33 bits per heavy atom. The number of rotatable bonds is 5. The average molecular weight is 286 g/mol. The number of aromatic amines is 1. The Labute approximate surface area is 122 Å². The molecular weight excluding hydrogens is 268 g/mol. The first-order valence-corrected chi connectivity index (χ1v) is 7.09. The van der Waals surface area contributed by atoms with Crippen molar-refractivity contribution < 1.29 is 8.83 Å². The number of fused-ring (bicyclic) bond motifs is 1. The molecule has 0 amide bonds. The monoisotopic (exact) mass is 286 g/mol. The van der Waals surface area contributed by atoms with Crippen molar-refractivity contribution >= 4 is 11.1 Å². The summed E-state index contributed by atoms with van der Waals surface area (Å²) in [7, 11) is 0. The van der Waals surface area contributed by atoms with Gasteiger partial charge in [0.15, 0.2) is 5.58 Å². The second-order valence-corrected chi connectivity index (χ2v) is 5.09. The molecule has 2 aromatic heterocycles. The summed E-state index contributed by atoms with van der Waals surface area (Å²) in [5.41, 5.74) is 3.42. The molecule has 0 aliphatic rings. The molecule has 0 aliphatic carbocycles. The summed E-state index contributed by atoms with van der Waals surface area (Å²) in [5.74, 6) is 0.457. The van der Waals surface area contributed by atoms with Crippen molar-refractivity contribution in [1.29, 1.82) is 0 Å². The highest BCUT2D eigenvalue weighted by atomic mass is 16.4. The summed E-state index contributed by atoms with van der Waals surface area (Å²) < 4.78 is 10.6. The van der Waals surface area contributed by atoms with E-state index in [0.717, 1.165) is 29.9 Å². The number of hydrogen-bond acceptors (Lipinski definition) is 4. The van der Waals surface area contributed by atoms with Gasteiger partial charge < -0.3 is 14.2 Å². The Hall–Kier alpha value is -2.27. The van der Waals surface area contributed by atoms with E-state index in [4.69, 9.17) is 8.83 Å². The minimum absolute atomic E-state index is 0.0216. The van der Waals surface area contributed by atoms with Crippen LogP contribution in [0.25, 0.3) is 11.1 Å². The van der Waals surface area contributed by atoms with E-state index >= 15 is 0 Å². The van der Waals surface area contributed by atoms with Gasteiger partial charge in [0.05, 0.1) is 17.8 Å². The summed E-state index contributed by atoms with van der Waals surface area (Å²) in [4.78, 5) is 13.9. The van der Waals surface area contributed by atoms with E-state index in [1.807, 2.05) is 31.2 Å². The molecule has 2 N–H and O–H groups in total. The molecule has 3 aromatic rings. The second-order valence-electron chi connectivity index (χ2n) is 5.09. The molecule has 110 valence electrons. The minimum Gasteiger partial charge on any atom is -0.469 e. The van der Waals surface area contributed by atoms with Gasteiger partial charge in [-0.1, -0.05) is 13.0 Å². The van der Waals surface area contributed by atoms with E-state index in [9.17, 15) is 4.79 Å². The number of H-pyrrole nitrogens is 1. The molecule has 0 aliphatic heterocycles. The number of hydrogen-bond donors (Lipinski definition) is 2. The van der Waals surface area contributed by atoms with E-state index in [0.29, 0.717) is 11.1 Å². The fourth-order valence-electron chi connectivity index (χ4n) is 2.53. The Morgan fingerprint density at radius 2 is 2.19 bits per heavy atom. The maximum absolute atomic E-state index is 11.3. The van der Waals surface area contributed by atoms with Crippen LogP contribution in [0.1, 0.15) is 36.3 Å². The number of benzene rings is 1. The van der Waals surface area contributed by atoms with Crippen LogP contribution in [0.2, 0.25) is 0 Å². The zero-order valence-electron chi connectivity index (χ0n) is 12.1. The lowest BCUT2D eigenvalue weighted by Crippen LogP contribution is -2.23. The smallest absolute Gasteiger partial charge is 0.417 e. The van der Waals surface area contributed by atoms with Crippen LogP contribution in [-0.4, -0.2) is 11.5 Å². The molecule has 1 unspecified atom stereocenters. The quantitative estimate of drug-likeness (QED) is 0.756. The van der Waals surface area contributed by atoms with Crippen LogP contribution < -0.4 is 11.1 Å². The summed E-state index contributed by atoms with van der Waals surface area (Å²) in [6.07, 6.45) is 2.73. The Bertz CT molecular complexity index is 797. The predicted octanol–water partition coefficient (Wildman–Crippen LogP) is 3.11. The number of aryl methyl sites for hydroxylation is 1. The lowest BCUT2D eigenvalue weighted by molar-refractivity contribution is 0.516. The molecule has 1 atom stereocenters. The van der Waals surface area contributed by atoms with Crippen LogP contribution in [0, 0.1) is 6.92 Å². The van der Waals surface area contributed by atoms with Gasteiger partial charge in [-0.2, -0.15) is 0 Å². The highest BCUT2D eigenvalue weighted by molar-refractivity contribution is 5.73. The SMILES string of the molecule is CCCNC(c1ccc2[nH]c(=O)oc2c1)c1ccoc1C. The molecule has 21 heavy (non-hydrogen) atoms. The van der Waals surface area contributed by atoms with Crippen molar-refractivity contribution in [1.82, 2.24) is 10.3 Å². The molecule has 1 aromatic carbocycles. The first kappa shape index (κ1) is 13.7. The molecule has 2 heterocycles. The number of furan rings is 1. The molecule has 0 fully saturated rings. The van der Waals surface area contributed by atoms with Crippen LogP contribution in [-0.2, 0) is 0 Å². The highest BCUT2D eigenvalue weighted by Gasteiger charge is 2.18. The minimum atomic E-state index is -0.431. The van der Waals surface area contributed by atoms with Gasteiger partial charge in [0.1, 0.15) is 5.76 Å². The van der Waals surface area contributed by atoms with Crippen LogP contribution in [0.4, 0.5) is 0 Å². The van der Waals surface area contributed by atoms with Crippen LogP contribution in [0.3, 0.4) is 0 Å². The standard InChI is InChI=1S/C16H18N2O3/c1-3-7-17-15(12-6-8-20-10(12)2)11-4-5-13-14(9-11)21-16(19)18-13/h4-6,8-9,15,17H,3,7H2,1-2H3,(H,18,19). The maximum Gasteiger partial charge on any atom is 0.417 e. The average Bonchev–Trinajstić information content (AvgIpc) is 3.04. The molecule has 0 bridgehead atoms. The summed E-state index contributed by atoms with van der Waals surface area (Å²) in [6, 6.07) is 7.75. The summed E-state index contributed by atoms with van der Waals surface area (Å²) in [5, 5.41) is 3.51. The summed E-state index contributed by atoms with van der Waals surface area (Å²) in [6.45, 7) is 4.97. The van der Waals surface area contributed by atoms with Gasteiger partial charge in [0.25, 0.3) is 0 Å². The molecule has 0 radical (unpaired) electrons. The van der Waals surface area contributed by atoms with Gasteiger partial charge in [0.2, 0.25) is 0 Å². The third-order valence-corrected chi connectivity index (χ3v) is 3.59. The molecule has 5 heteroatoms. The third-order valence-electron chi connectivity index (χ3n) is 3.59. The number of oxazole rings is 1. The van der Waals surface area contributed by atoms with Gasteiger partial charge in [-0.25, -0.2) is 4.79 Å². The summed E-state index contributed by atoms with van der Waals surface area (Å²) >= 11 is 0. The molecule has 3 rings (SSSR count). The van der Waals surface area contributed by atoms with Gasteiger partial charge in [-0.3, -0.25) is 4.98 Å². The topological polar surface area (TPSA) is 71.2 Å². The fourth-order valence-corrected chi connectivity index (χ4v) is 2.53. The number of nitrogens with one attached hydrogen (secondary N) is 2. The van der Waals surface area contributed by atoms with E-state index in [-0.39, 0.29) is 6.04 Å². The van der Waals surface area contributed by atoms with E-state index < -0.39 is 5.76 Å². The van der Waals surface area contributed by atoms with Crippen molar-refractivity contribution in [3.8, 4) is 0 Å². The zero-order valence-corrected chi connectivity index (χ0v) is 12.1. The van der Waals surface area contributed by atoms with Crippen molar-refractivity contribution in [3.05, 3.63) is 58.0 Å². The normalized spacial score (nSPS) is 12.9. The van der Waals surface area contributed by atoms with Crippen LogP contribution in [0.15, 0.2) is 44.2 Å². The van der Waals surface area contributed by atoms with Gasteiger partial charge >= 0.3 is 5.76 Å². The van der Waals surface area contributed by atoms with Crippen LogP contribution >= 0.6 is 0 Å². The zero-order chi connectivity index (χ0) is 14.8. The predicted molar refractivity (Wildman–Crippen MR) is 80.4 cm³/mol. The molecule has 0 spiro atoms. The molecular formula is C16H18N2O3. The van der Waals surface area contributed by atoms with Gasteiger partial charge in [-0.05, 0) is 43.7 Å². The molecule has 0 saturated heterocycles. The lowest BCUT2D eigenvalue weighted by atomic mass is 9.98. The molecule has 5 nitrogen and oxygen atoms in total. The lowest BCUT2D eigenvalue weighted by Gasteiger charge is -2.18. The van der Waals surface area contributed by atoms with Crippen molar-refractivity contribution in [3.63, 3.8) is 0 Å². The Balaban J connectivity index is 2.04. The van der Waals surface area contributed by atoms with E-state index in [1.54, 1.807) is 6.26 Å². The second kappa shape index (κ2) is 5.61. The van der Waals surface area contributed by atoms with Gasteiger partial charge in [-0.15, -0.1) is 0 Å². The van der Waals surface area contributed by atoms with Crippen molar-refractivity contribution in [2.45, 2.75) is 26.3 Å². The van der Waals surface area contributed by atoms with Crippen LogP contribution in [0.5, 0.6) is 0 Å². The largest absolute Gasteiger partial charge is 0.469 e. The highest BCUT2D eigenvalue weighted by Crippen LogP contribution is 2.27. The maximum atomic E-state index is 11.3. The van der Waals surface area contributed by atoms with Gasteiger partial charge in [0, 0.05) is 5.56 Å². The first-order valence-electron chi connectivity index (χ1n) is 7.09. The first-order chi connectivity index (χ1) is 10.2. The van der Waals surface area contributed by atoms with E-state index in [1.165, 1.54) is 0 Å². The molecule has 0 saturated carbocycles. The van der Waals surface area contributed by atoms with Crippen molar-refractivity contribution in [2.24, 2.45) is 0 Å². The Kier molecular flexibility index (Phi) is 3.66. The fraction of sp³-hybridized carbons (Fsp3) is 0.312. The third kappa shape index (κ3) is 2.64.